The van der Waals surface area contributed by atoms with Crippen molar-refractivity contribution in [2.75, 3.05) is 27.2 Å². The van der Waals surface area contributed by atoms with Gasteiger partial charge in [0.2, 0.25) is 0 Å². The van der Waals surface area contributed by atoms with E-state index < -0.39 is 0 Å². The van der Waals surface area contributed by atoms with E-state index in [0.717, 1.165) is 18.4 Å². The number of nitrogens with zero attached hydrogens (tertiary/aromatic N) is 1. The summed E-state index contributed by atoms with van der Waals surface area (Å²) in [5, 5.41) is 13.1. The van der Waals surface area contributed by atoms with E-state index in [2.05, 4.69) is 24.2 Å². The molecule has 0 radical (unpaired) electrons. The maximum atomic E-state index is 9.68. The lowest BCUT2D eigenvalue weighted by atomic mass is 9.85. The molecule has 3 unspecified atom stereocenters. The first-order valence-corrected chi connectivity index (χ1v) is 7.63. The van der Waals surface area contributed by atoms with Crippen LogP contribution in [0.4, 0.5) is 0 Å². The fourth-order valence-corrected chi connectivity index (χ4v) is 3.68. The van der Waals surface area contributed by atoms with Crippen LogP contribution >= 0.6 is 0 Å². The average Bonchev–Trinajstić information content (AvgIpc) is 3.16. The topological polar surface area (TPSA) is 35.5 Å². The van der Waals surface area contributed by atoms with Crippen molar-refractivity contribution >= 4 is 0 Å². The van der Waals surface area contributed by atoms with Crippen molar-refractivity contribution < 1.29 is 5.11 Å². The zero-order valence-corrected chi connectivity index (χ0v) is 12.3. The van der Waals surface area contributed by atoms with Gasteiger partial charge in [-0.25, -0.2) is 0 Å². The van der Waals surface area contributed by atoms with Crippen LogP contribution in [-0.2, 0) is 0 Å². The SMILES string of the molecule is CNC1(CO)CCCC1CCN(C)C(C)C1CC1. The van der Waals surface area contributed by atoms with Gasteiger partial charge in [-0.1, -0.05) is 6.42 Å². The van der Waals surface area contributed by atoms with Gasteiger partial charge < -0.3 is 15.3 Å². The lowest BCUT2D eigenvalue weighted by Crippen LogP contribution is -2.50. The van der Waals surface area contributed by atoms with Crippen molar-refractivity contribution in [2.45, 2.75) is 57.0 Å². The molecule has 3 atom stereocenters. The average molecular weight is 254 g/mol. The van der Waals surface area contributed by atoms with E-state index in [4.69, 9.17) is 0 Å². The quantitative estimate of drug-likeness (QED) is 0.728. The minimum Gasteiger partial charge on any atom is -0.394 e. The van der Waals surface area contributed by atoms with E-state index in [1.807, 2.05) is 7.05 Å². The predicted octanol–water partition coefficient (Wildman–Crippen LogP) is 1.86. The fourth-order valence-electron chi connectivity index (χ4n) is 3.68. The van der Waals surface area contributed by atoms with Crippen LogP contribution in [-0.4, -0.2) is 48.8 Å². The number of nitrogens with one attached hydrogen (secondary N) is 1. The van der Waals surface area contributed by atoms with Gasteiger partial charge in [0.05, 0.1) is 6.61 Å². The van der Waals surface area contributed by atoms with Crippen LogP contribution in [0.15, 0.2) is 0 Å². The molecule has 106 valence electrons. The Morgan fingerprint density at radius 1 is 1.39 bits per heavy atom. The second-order valence-electron chi connectivity index (χ2n) is 6.50. The van der Waals surface area contributed by atoms with Crippen molar-refractivity contribution in [2.24, 2.45) is 11.8 Å². The summed E-state index contributed by atoms with van der Waals surface area (Å²) in [6, 6.07) is 0.740. The molecule has 2 fully saturated rings. The first-order chi connectivity index (χ1) is 8.63. The molecule has 2 N–H and O–H groups in total. The molecule has 0 bridgehead atoms. The van der Waals surface area contributed by atoms with Gasteiger partial charge in [-0.05, 0) is 71.5 Å². The Balaban J connectivity index is 1.81. The van der Waals surface area contributed by atoms with E-state index in [0.29, 0.717) is 5.92 Å². The van der Waals surface area contributed by atoms with E-state index in [-0.39, 0.29) is 12.1 Å². The number of hydrogen-bond donors (Lipinski definition) is 2. The van der Waals surface area contributed by atoms with Gasteiger partial charge in [0.25, 0.3) is 0 Å². The summed E-state index contributed by atoms with van der Waals surface area (Å²) >= 11 is 0. The molecule has 2 rings (SSSR count). The highest BCUT2D eigenvalue weighted by atomic mass is 16.3. The maximum Gasteiger partial charge on any atom is 0.0615 e. The van der Waals surface area contributed by atoms with E-state index in [1.165, 1.54) is 38.6 Å². The molecular formula is C15H30N2O. The third-order valence-corrected chi connectivity index (χ3v) is 5.57. The van der Waals surface area contributed by atoms with Crippen LogP contribution in [0.2, 0.25) is 0 Å². The van der Waals surface area contributed by atoms with Gasteiger partial charge in [0.15, 0.2) is 0 Å². The van der Waals surface area contributed by atoms with E-state index in [9.17, 15) is 5.11 Å². The summed E-state index contributed by atoms with van der Waals surface area (Å²) < 4.78 is 0. The highest BCUT2D eigenvalue weighted by Crippen LogP contribution is 2.38. The molecule has 2 saturated carbocycles. The summed E-state index contributed by atoms with van der Waals surface area (Å²) in [5.74, 6) is 1.59. The summed E-state index contributed by atoms with van der Waals surface area (Å²) in [7, 11) is 4.27. The largest absolute Gasteiger partial charge is 0.394 e. The van der Waals surface area contributed by atoms with Crippen LogP contribution in [0.1, 0.15) is 45.4 Å². The summed E-state index contributed by atoms with van der Waals surface area (Å²) in [5.41, 5.74) is 0.00363. The fraction of sp³-hybridized carbons (Fsp3) is 1.00. The normalized spacial score (nSPS) is 34.2. The number of rotatable bonds is 7. The summed E-state index contributed by atoms with van der Waals surface area (Å²) in [4.78, 5) is 2.52. The minimum atomic E-state index is 0.00363. The number of aliphatic hydroxyl groups is 1. The maximum absolute atomic E-state index is 9.68. The van der Waals surface area contributed by atoms with Gasteiger partial charge in [-0.2, -0.15) is 0 Å². The molecule has 2 aliphatic rings. The first-order valence-electron chi connectivity index (χ1n) is 7.63. The van der Waals surface area contributed by atoms with Gasteiger partial charge in [0.1, 0.15) is 0 Å². The zero-order valence-electron chi connectivity index (χ0n) is 12.3. The number of likely N-dealkylation sites (N-methyl/N-ethyl adjacent to an activating group) is 1. The van der Waals surface area contributed by atoms with Crippen LogP contribution in [0.3, 0.4) is 0 Å². The summed E-state index contributed by atoms with van der Waals surface area (Å²) in [6.07, 6.45) is 7.72. The Labute approximate surface area is 112 Å². The van der Waals surface area contributed by atoms with Crippen LogP contribution in [0.25, 0.3) is 0 Å². The molecule has 3 heteroatoms. The Morgan fingerprint density at radius 2 is 2.11 bits per heavy atom. The minimum absolute atomic E-state index is 0.00363. The van der Waals surface area contributed by atoms with Crippen LogP contribution < -0.4 is 5.32 Å². The lowest BCUT2D eigenvalue weighted by Gasteiger charge is -2.35. The van der Waals surface area contributed by atoms with Gasteiger partial charge in [-0.3, -0.25) is 0 Å². The third kappa shape index (κ3) is 2.89. The molecule has 0 amide bonds. The number of aliphatic hydroxyl groups excluding tert-OH is 1. The Bertz CT molecular complexity index is 261. The van der Waals surface area contributed by atoms with Crippen molar-refractivity contribution in [3.8, 4) is 0 Å². The predicted molar refractivity (Wildman–Crippen MR) is 75.7 cm³/mol. The molecule has 0 saturated heterocycles. The van der Waals surface area contributed by atoms with Crippen LogP contribution in [0, 0.1) is 11.8 Å². The van der Waals surface area contributed by atoms with Gasteiger partial charge in [0, 0.05) is 11.6 Å². The van der Waals surface area contributed by atoms with E-state index >= 15 is 0 Å². The second kappa shape index (κ2) is 5.89. The molecule has 0 aromatic heterocycles. The molecule has 0 aliphatic heterocycles. The van der Waals surface area contributed by atoms with Gasteiger partial charge in [-0.15, -0.1) is 0 Å². The van der Waals surface area contributed by atoms with Crippen molar-refractivity contribution in [1.82, 2.24) is 10.2 Å². The summed E-state index contributed by atoms with van der Waals surface area (Å²) in [6.45, 7) is 3.82. The second-order valence-corrected chi connectivity index (χ2v) is 6.50. The zero-order chi connectivity index (χ0) is 13.2. The first kappa shape index (κ1) is 14.3. The third-order valence-electron chi connectivity index (χ3n) is 5.57. The Kier molecular flexibility index (Phi) is 4.68. The van der Waals surface area contributed by atoms with E-state index in [1.54, 1.807) is 0 Å². The van der Waals surface area contributed by atoms with Gasteiger partial charge >= 0.3 is 0 Å². The molecule has 0 aromatic carbocycles. The smallest absolute Gasteiger partial charge is 0.0615 e. The standard InChI is InChI=1S/C15H30N2O/c1-12(13-6-7-13)17(3)10-8-14-5-4-9-15(14,11-18)16-2/h12-14,16,18H,4-11H2,1-3H3. The van der Waals surface area contributed by atoms with Crippen LogP contribution in [0.5, 0.6) is 0 Å². The monoisotopic (exact) mass is 254 g/mol. The number of hydrogen-bond acceptors (Lipinski definition) is 3. The van der Waals surface area contributed by atoms with Crippen molar-refractivity contribution in [3.63, 3.8) is 0 Å². The highest BCUT2D eigenvalue weighted by Gasteiger charge is 2.41. The highest BCUT2D eigenvalue weighted by molar-refractivity contribution is 4.98. The molecule has 0 spiro atoms. The Morgan fingerprint density at radius 3 is 2.67 bits per heavy atom. The lowest BCUT2D eigenvalue weighted by molar-refractivity contribution is 0.115. The molecule has 18 heavy (non-hydrogen) atoms. The molecular weight excluding hydrogens is 224 g/mol. The molecule has 0 heterocycles. The van der Waals surface area contributed by atoms with Crippen molar-refractivity contribution in [1.29, 1.82) is 0 Å². The molecule has 3 nitrogen and oxygen atoms in total. The van der Waals surface area contributed by atoms with Crippen molar-refractivity contribution in [3.05, 3.63) is 0 Å². The molecule has 0 aromatic rings. The molecule has 2 aliphatic carbocycles. The Hall–Kier alpha value is -0.120.